The molecule has 0 spiro atoms. The molecule has 17 heavy (non-hydrogen) atoms. The SMILES string of the molecule is N=C(N)Nc1cc(CF)c([N+](=O)[O-])cc1CF. The quantitative estimate of drug-likeness (QED) is 0.325. The Morgan fingerprint density at radius 1 is 1.41 bits per heavy atom. The van der Waals surface area contributed by atoms with Gasteiger partial charge in [-0.15, -0.1) is 0 Å². The van der Waals surface area contributed by atoms with Crippen molar-refractivity contribution in [2.24, 2.45) is 5.73 Å². The fraction of sp³-hybridized carbons (Fsp3) is 0.222. The van der Waals surface area contributed by atoms with Gasteiger partial charge in [0.05, 0.1) is 10.5 Å². The van der Waals surface area contributed by atoms with Crippen LogP contribution in [0.4, 0.5) is 20.2 Å². The summed E-state index contributed by atoms with van der Waals surface area (Å²) in [5, 5.41) is 19.9. The summed E-state index contributed by atoms with van der Waals surface area (Å²) in [7, 11) is 0. The second kappa shape index (κ2) is 5.19. The maximum atomic E-state index is 12.6. The third kappa shape index (κ3) is 2.86. The van der Waals surface area contributed by atoms with E-state index >= 15 is 0 Å². The number of benzene rings is 1. The van der Waals surface area contributed by atoms with Crippen molar-refractivity contribution < 1.29 is 13.7 Å². The average molecular weight is 244 g/mol. The van der Waals surface area contributed by atoms with Crippen molar-refractivity contribution in [3.63, 3.8) is 0 Å². The predicted octanol–water partition coefficient (Wildman–Crippen LogP) is 1.84. The summed E-state index contributed by atoms with van der Waals surface area (Å²) in [4.78, 5) is 9.83. The van der Waals surface area contributed by atoms with Gasteiger partial charge in [0, 0.05) is 17.3 Å². The fourth-order valence-electron chi connectivity index (χ4n) is 1.33. The number of nitrogens with zero attached hydrogens (tertiary/aromatic N) is 1. The van der Waals surface area contributed by atoms with Gasteiger partial charge in [-0.05, 0) is 6.07 Å². The van der Waals surface area contributed by atoms with Gasteiger partial charge in [-0.2, -0.15) is 0 Å². The van der Waals surface area contributed by atoms with E-state index in [2.05, 4.69) is 5.32 Å². The van der Waals surface area contributed by atoms with Crippen molar-refractivity contribution in [2.75, 3.05) is 5.32 Å². The van der Waals surface area contributed by atoms with Gasteiger partial charge >= 0.3 is 0 Å². The molecule has 0 aromatic heterocycles. The zero-order valence-corrected chi connectivity index (χ0v) is 8.67. The molecule has 0 unspecified atom stereocenters. The molecule has 0 aliphatic rings. The summed E-state index contributed by atoms with van der Waals surface area (Å²) in [5.74, 6) is -0.460. The highest BCUT2D eigenvalue weighted by Gasteiger charge is 2.18. The monoisotopic (exact) mass is 244 g/mol. The van der Waals surface area contributed by atoms with E-state index < -0.39 is 29.9 Å². The van der Waals surface area contributed by atoms with E-state index in [1.54, 1.807) is 0 Å². The van der Waals surface area contributed by atoms with Crippen molar-refractivity contribution in [1.82, 2.24) is 0 Å². The van der Waals surface area contributed by atoms with Crippen LogP contribution in [0.3, 0.4) is 0 Å². The number of nitrogens with two attached hydrogens (primary N) is 1. The van der Waals surface area contributed by atoms with Gasteiger partial charge in [0.25, 0.3) is 5.69 Å². The molecule has 0 bridgehead atoms. The van der Waals surface area contributed by atoms with E-state index in [0.717, 1.165) is 12.1 Å². The number of nitro benzene ring substituents is 1. The number of anilines is 1. The van der Waals surface area contributed by atoms with Crippen LogP contribution in [0.15, 0.2) is 12.1 Å². The molecule has 0 amide bonds. The topological polar surface area (TPSA) is 105 Å². The van der Waals surface area contributed by atoms with Crippen molar-refractivity contribution in [3.05, 3.63) is 33.4 Å². The predicted molar refractivity (Wildman–Crippen MR) is 58.3 cm³/mol. The third-order valence-electron chi connectivity index (χ3n) is 2.06. The Morgan fingerprint density at radius 2 is 2.00 bits per heavy atom. The Labute approximate surface area is 95.1 Å². The molecule has 0 radical (unpaired) electrons. The first-order valence-corrected chi connectivity index (χ1v) is 4.52. The highest BCUT2D eigenvalue weighted by atomic mass is 19.1. The van der Waals surface area contributed by atoms with Crippen LogP contribution in [0.1, 0.15) is 11.1 Å². The maximum absolute atomic E-state index is 12.6. The minimum atomic E-state index is -1.06. The molecule has 0 aliphatic carbocycles. The maximum Gasteiger partial charge on any atom is 0.275 e. The molecule has 0 heterocycles. The molecule has 0 atom stereocenters. The third-order valence-corrected chi connectivity index (χ3v) is 2.06. The summed E-state index contributed by atoms with van der Waals surface area (Å²) in [6.45, 7) is -2.04. The number of hydrogen-bond donors (Lipinski definition) is 3. The lowest BCUT2D eigenvalue weighted by Crippen LogP contribution is -2.21. The number of hydrogen-bond acceptors (Lipinski definition) is 3. The molecule has 1 aromatic rings. The highest BCUT2D eigenvalue weighted by Crippen LogP contribution is 2.28. The standard InChI is InChI=1S/C9H10F2N4O2/c10-3-5-2-8(15(16)17)6(4-11)1-7(5)14-9(12)13/h1-2H,3-4H2,(H4,12,13,14). The summed E-state index contributed by atoms with van der Waals surface area (Å²) in [6.07, 6.45) is 0. The first-order valence-electron chi connectivity index (χ1n) is 4.52. The molecular weight excluding hydrogens is 234 g/mol. The Kier molecular flexibility index (Phi) is 3.91. The van der Waals surface area contributed by atoms with E-state index in [1.165, 1.54) is 0 Å². The second-order valence-electron chi connectivity index (χ2n) is 3.20. The van der Waals surface area contributed by atoms with Crippen LogP contribution in [0.25, 0.3) is 0 Å². The molecule has 6 nitrogen and oxygen atoms in total. The average Bonchev–Trinajstić information content (AvgIpc) is 2.27. The van der Waals surface area contributed by atoms with Gasteiger partial charge in [0.1, 0.15) is 13.3 Å². The minimum absolute atomic E-state index is 0.0518. The van der Waals surface area contributed by atoms with Crippen LogP contribution >= 0.6 is 0 Å². The lowest BCUT2D eigenvalue weighted by molar-refractivity contribution is -0.385. The van der Waals surface area contributed by atoms with Gasteiger partial charge in [0.15, 0.2) is 5.96 Å². The van der Waals surface area contributed by atoms with E-state index in [9.17, 15) is 18.9 Å². The molecule has 0 fully saturated rings. The van der Waals surface area contributed by atoms with Crippen molar-refractivity contribution >= 4 is 17.3 Å². The van der Waals surface area contributed by atoms with Crippen LogP contribution < -0.4 is 11.1 Å². The number of halogens is 2. The summed E-state index contributed by atoms with van der Waals surface area (Å²) < 4.78 is 25.2. The highest BCUT2D eigenvalue weighted by molar-refractivity contribution is 5.91. The van der Waals surface area contributed by atoms with Gasteiger partial charge in [-0.1, -0.05) is 0 Å². The summed E-state index contributed by atoms with van der Waals surface area (Å²) in [5.41, 5.74) is 4.37. The molecule has 0 saturated heterocycles. The van der Waals surface area contributed by atoms with Gasteiger partial charge < -0.3 is 11.1 Å². The fourth-order valence-corrected chi connectivity index (χ4v) is 1.33. The number of guanidine groups is 1. The van der Waals surface area contributed by atoms with Crippen LogP contribution in [0, 0.1) is 15.5 Å². The number of nitrogens with one attached hydrogen (secondary N) is 2. The first-order chi connectivity index (χ1) is 7.99. The summed E-state index contributed by atoms with van der Waals surface area (Å²) >= 11 is 0. The van der Waals surface area contributed by atoms with Crippen LogP contribution in [-0.4, -0.2) is 10.9 Å². The second-order valence-corrected chi connectivity index (χ2v) is 3.20. The van der Waals surface area contributed by atoms with Gasteiger partial charge in [0.2, 0.25) is 0 Å². The van der Waals surface area contributed by atoms with Crippen molar-refractivity contribution in [1.29, 1.82) is 5.41 Å². The normalized spacial score (nSPS) is 10.0. The lowest BCUT2D eigenvalue weighted by atomic mass is 10.1. The molecule has 4 N–H and O–H groups in total. The number of nitro groups is 1. The Hall–Kier alpha value is -2.25. The zero-order valence-electron chi connectivity index (χ0n) is 8.67. The van der Waals surface area contributed by atoms with E-state index in [4.69, 9.17) is 11.1 Å². The van der Waals surface area contributed by atoms with E-state index in [1.807, 2.05) is 0 Å². The lowest BCUT2D eigenvalue weighted by Gasteiger charge is -2.10. The number of alkyl halides is 2. The molecule has 1 rings (SSSR count). The van der Waals surface area contributed by atoms with Crippen LogP contribution in [-0.2, 0) is 13.3 Å². The van der Waals surface area contributed by atoms with Gasteiger partial charge in [-0.3, -0.25) is 15.5 Å². The Morgan fingerprint density at radius 3 is 2.41 bits per heavy atom. The van der Waals surface area contributed by atoms with Crippen molar-refractivity contribution in [2.45, 2.75) is 13.3 Å². The largest absolute Gasteiger partial charge is 0.370 e. The summed E-state index contributed by atoms with van der Waals surface area (Å²) in [6, 6.07) is 2.01. The molecule has 92 valence electrons. The smallest absolute Gasteiger partial charge is 0.275 e. The minimum Gasteiger partial charge on any atom is -0.370 e. The van der Waals surface area contributed by atoms with Crippen LogP contribution in [0.5, 0.6) is 0 Å². The Bertz CT molecular complexity index is 465. The Balaban J connectivity index is 3.32. The van der Waals surface area contributed by atoms with Crippen LogP contribution in [0.2, 0.25) is 0 Å². The molecule has 1 aromatic carbocycles. The first kappa shape index (κ1) is 12.8. The van der Waals surface area contributed by atoms with Crippen molar-refractivity contribution in [3.8, 4) is 0 Å². The van der Waals surface area contributed by atoms with E-state index in [-0.39, 0.29) is 16.8 Å². The molecule has 8 heteroatoms. The number of rotatable bonds is 4. The zero-order chi connectivity index (χ0) is 13.0. The molecular formula is C9H10F2N4O2. The molecule has 0 aliphatic heterocycles. The van der Waals surface area contributed by atoms with Gasteiger partial charge in [-0.25, -0.2) is 8.78 Å². The van der Waals surface area contributed by atoms with E-state index in [0.29, 0.717) is 0 Å². The molecule has 0 saturated carbocycles.